The largest absolute Gasteiger partial charge is 0.323 e. The summed E-state index contributed by atoms with van der Waals surface area (Å²) >= 11 is 0. The van der Waals surface area contributed by atoms with Crippen molar-refractivity contribution >= 4 is 35.0 Å². The fourth-order valence-electron chi connectivity index (χ4n) is 4.09. The van der Waals surface area contributed by atoms with Gasteiger partial charge in [0.1, 0.15) is 0 Å². The van der Waals surface area contributed by atoms with E-state index in [4.69, 9.17) is 0 Å². The molecule has 1 aliphatic heterocycles. The zero-order chi connectivity index (χ0) is 21.3. The third-order valence-corrected chi connectivity index (χ3v) is 5.66. The van der Waals surface area contributed by atoms with Crippen molar-refractivity contribution < 1.29 is 19.2 Å². The van der Waals surface area contributed by atoms with Crippen molar-refractivity contribution in [3.8, 4) is 0 Å². The fraction of sp³-hybridized carbons (Fsp3) is 0.304. The van der Waals surface area contributed by atoms with Crippen LogP contribution in [-0.2, 0) is 0 Å². The van der Waals surface area contributed by atoms with Crippen LogP contribution < -0.4 is 10.6 Å². The zero-order valence-corrected chi connectivity index (χ0v) is 16.7. The molecule has 2 aromatic carbocycles. The van der Waals surface area contributed by atoms with Crippen LogP contribution in [-0.4, -0.2) is 34.6 Å². The van der Waals surface area contributed by atoms with E-state index in [1.807, 2.05) is 0 Å². The van der Waals surface area contributed by atoms with Crippen molar-refractivity contribution in [1.29, 1.82) is 0 Å². The molecular weight excluding hydrogens is 382 g/mol. The van der Waals surface area contributed by atoms with Crippen LogP contribution in [0.1, 0.15) is 70.1 Å². The highest BCUT2D eigenvalue weighted by atomic mass is 16.2. The highest BCUT2D eigenvalue weighted by Gasteiger charge is 2.40. The minimum atomic E-state index is -0.480. The lowest BCUT2D eigenvalue weighted by Gasteiger charge is -2.29. The predicted molar refractivity (Wildman–Crippen MR) is 113 cm³/mol. The number of nitrogens with one attached hydrogen (secondary N) is 2. The van der Waals surface area contributed by atoms with Crippen LogP contribution in [0.5, 0.6) is 0 Å². The Morgan fingerprint density at radius 3 is 2.10 bits per heavy atom. The molecular formula is C23H23N3O4. The quantitative estimate of drug-likeness (QED) is 0.580. The Balaban J connectivity index is 1.45. The molecule has 0 unspecified atom stereocenters. The number of imide groups is 1. The Labute approximate surface area is 174 Å². The number of carbonyl (C=O) groups is 4. The second-order valence-corrected chi connectivity index (χ2v) is 7.75. The maximum Gasteiger partial charge on any atom is 0.323 e. The zero-order valence-electron chi connectivity index (χ0n) is 16.7. The van der Waals surface area contributed by atoms with Gasteiger partial charge >= 0.3 is 6.03 Å². The standard InChI is InChI=1S/C23H23N3O4/c1-14(27)15-7-9-16(10-8-15)24-23(30)25-17-11-12-19-20(13-17)22(29)26(21(19)28)18-5-3-2-4-6-18/h7-13,18H,2-6H2,1H3,(H2,24,25,30). The van der Waals surface area contributed by atoms with Crippen LogP contribution in [0.4, 0.5) is 16.2 Å². The lowest BCUT2D eigenvalue weighted by atomic mass is 9.94. The minimum Gasteiger partial charge on any atom is -0.308 e. The number of carbonyl (C=O) groups excluding carboxylic acids is 4. The predicted octanol–water partition coefficient (Wildman–Crippen LogP) is 4.46. The molecule has 0 aromatic heterocycles. The number of hydrogen-bond acceptors (Lipinski definition) is 4. The van der Waals surface area contributed by atoms with Crippen LogP contribution in [0.3, 0.4) is 0 Å². The molecule has 0 spiro atoms. The summed E-state index contributed by atoms with van der Waals surface area (Å²) in [7, 11) is 0. The number of urea groups is 1. The Hall–Kier alpha value is -3.48. The molecule has 30 heavy (non-hydrogen) atoms. The summed E-state index contributed by atoms with van der Waals surface area (Å²) in [4.78, 5) is 50.6. The van der Waals surface area contributed by atoms with Crippen molar-refractivity contribution in [3.63, 3.8) is 0 Å². The van der Waals surface area contributed by atoms with Gasteiger partial charge in [-0.1, -0.05) is 19.3 Å². The van der Waals surface area contributed by atoms with Gasteiger partial charge in [0.2, 0.25) is 0 Å². The molecule has 7 heteroatoms. The Morgan fingerprint density at radius 2 is 1.43 bits per heavy atom. The molecule has 2 N–H and O–H groups in total. The van der Waals surface area contributed by atoms with Crippen molar-refractivity contribution in [2.75, 3.05) is 10.6 Å². The molecule has 4 amide bonds. The van der Waals surface area contributed by atoms with E-state index >= 15 is 0 Å². The van der Waals surface area contributed by atoms with Crippen molar-refractivity contribution in [3.05, 3.63) is 59.2 Å². The van der Waals surface area contributed by atoms with E-state index in [0.717, 1.165) is 32.1 Å². The molecule has 4 rings (SSSR count). The number of anilines is 2. The lowest BCUT2D eigenvalue weighted by Crippen LogP contribution is -2.40. The molecule has 2 aliphatic rings. The molecule has 0 saturated heterocycles. The van der Waals surface area contributed by atoms with Gasteiger partial charge in [-0.15, -0.1) is 0 Å². The van der Waals surface area contributed by atoms with E-state index in [-0.39, 0.29) is 23.6 Å². The normalized spacial score (nSPS) is 16.4. The first-order chi connectivity index (χ1) is 14.4. The molecule has 1 aliphatic carbocycles. The molecule has 1 saturated carbocycles. The van der Waals surface area contributed by atoms with Gasteiger partial charge in [-0.25, -0.2) is 4.79 Å². The first-order valence-corrected chi connectivity index (χ1v) is 10.1. The summed E-state index contributed by atoms with van der Waals surface area (Å²) < 4.78 is 0. The van der Waals surface area contributed by atoms with E-state index in [9.17, 15) is 19.2 Å². The van der Waals surface area contributed by atoms with E-state index < -0.39 is 6.03 Å². The molecule has 154 valence electrons. The number of ketones is 1. The number of Topliss-reactive ketones (excluding diaryl/α,β-unsaturated/α-hetero) is 1. The van der Waals surface area contributed by atoms with Gasteiger partial charge in [0.05, 0.1) is 11.1 Å². The first kappa shape index (κ1) is 19.8. The number of fused-ring (bicyclic) bond motifs is 1. The van der Waals surface area contributed by atoms with Crippen molar-refractivity contribution in [1.82, 2.24) is 4.90 Å². The highest BCUT2D eigenvalue weighted by molar-refractivity contribution is 6.22. The summed E-state index contributed by atoms with van der Waals surface area (Å²) in [6.45, 7) is 1.48. The SMILES string of the molecule is CC(=O)c1ccc(NC(=O)Nc2ccc3c(c2)C(=O)N(C2CCCCC2)C3=O)cc1. The molecule has 2 aromatic rings. The molecule has 1 fully saturated rings. The monoisotopic (exact) mass is 405 g/mol. The van der Waals surface area contributed by atoms with Gasteiger partial charge in [0.15, 0.2) is 5.78 Å². The number of amides is 4. The molecule has 1 heterocycles. The molecule has 0 atom stereocenters. The van der Waals surface area contributed by atoms with Gasteiger partial charge in [0.25, 0.3) is 11.8 Å². The van der Waals surface area contributed by atoms with Gasteiger partial charge in [-0.3, -0.25) is 19.3 Å². The fourth-order valence-corrected chi connectivity index (χ4v) is 4.09. The maximum absolute atomic E-state index is 12.9. The van der Waals surface area contributed by atoms with Crippen LogP contribution in [0.15, 0.2) is 42.5 Å². The van der Waals surface area contributed by atoms with Gasteiger partial charge < -0.3 is 10.6 Å². The molecule has 0 bridgehead atoms. The van der Waals surface area contributed by atoms with Gasteiger partial charge in [-0.05, 0) is 62.2 Å². The summed E-state index contributed by atoms with van der Waals surface area (Å²) in [5.74, 6) is -0.583. The second-order valence-electron chi connectivity index (χ2n) is 7.75. The van der Waals surface area contributed by atoms with Crippen molar-refractivity contribution in [2.45, 2.75) is 45.1 Å². The average Bonchev–Trinajstić information content (AvgIpc) is 2.99. The second kappa shape index (κ2) is 8.10. The summed E-state index contributed by atoms with van der Waals surface area (Å²) in [5.41, 5.74) is 2.24. The summed E-state index contributed by atoms with van der Waals surface area (Å²) in [6, 6.07) is 10.8. The lowest BCUT2D eigenvalue weighted by molar-refractivity contribution is 0.0548. The van der Waals surface area contributed by atoms with Crippen LogP contribution in [0.25, 0.3) is 0 Å². The number of nitrogens with zero attached hydrogens (tertiary/aromatic N) is 1. The van der Waals surface area contributed by atoms with E-state index in [1.165, 1.54) is 11.8 Å². The maximum atomic E-state index is 12.9. The smallest absolute Gasteiger partial charge is 0.308 e. The minimum absolute atomic E-state index is 0.0381. The number of hydrogen-bond donors (Lipinski definition) is 2. The average molecular weight is 405 g/mol. The third-order valence-electron chi connectivity index (χ3n) is 5.66. The van der Waals surface area contributed by atoms with Crippen molar-refractivity contribution in [2.24, 2.45) is 0 Å². The Bertz CT molecular complexity index is 1020. The van der Waals surface area contributed by atoms with Crippen LogP contribution >= 0.6 is 0 Å². The summed E-state index contributed by atoms with van der Waals surface area (Å²) in [6.07, 6.45) is 4.89. The van der Waals surface area contributed by atoms with E-state index in [2.05, 4.69) is 10.6 Å². The van der Waals surface area contributed by atoms with Gasteiger partial charge in [-0.2, -0.15) is 0 Å². The number of rotatable bonds is 4. The van der Waals surface area contributed by atoms with E-state index in [0.29, 0.717) is 28.1 Å². The summed E-state index contributed by atoms with van der Waals surface area (Å²) in [5, 5.41) is 5.37. The molecule has 0 radical (unpaired) electrons. The van der Waals surface area contributed by atoms with Crippen LogP contribution in [0, 0.1) is 0 Å². The Morgan fingerprint density at radius 1 is 0.833 bits per heavy atom. The van der Waals surface area contributed by atoms with Crippen LogP contribution in [0.2, 0.25) is 0 Å². The first-order valence-electron chi connectivity index (χ1n) is 10.1. The third kappa shape index (κ3) is 3.83. The number of benzene rings is 2. The topological polar surface area (TPSA) is 95.6 Å². The van der Waals surface area contributed by atoms with Gasteiger partial charge in [0, 0.05) is 23.0 Å². The molecule has 7 nitrogen and oxygen atoms in total. The highest BCUT2D eigenvalue weighted by Crippen LogP contribution is 2.32. The van der Waals surface area contributed by atoms with E-state index in [1.54, 1.807) is 42.5 Å². The Kier molecular flexibility index (Phi) is 5.35.